The zero-order valence-corrected chi connectivity index (χ0v) is 14.4. The van der Waals surface area contributed by atoms with Crippen molar-refractivity contribution in [2.45, 2.75) is 13.8 Å². The van der Waals surface area contributed by atoms with Gasteiger partial charge in [0.05, 0.1) is 16.1 Å². The fraction of sp³-hybridized carbons (Fsp3) is 0.231. The molecule has 0 saturated carbocycles. The third kappa shape index (κ3) is 1.98. The highest BCUT2D eigenvalue weighted by molar-refractivity contribution is 7.24. The van der Waals surface area contributed by atoms with Crippen molar-refractivity contribution in [3.8, 4) is 21.4 Å². The van der Waals surface area contributed by atoms with Crippen LogP contribution in [0.25, 0.3) is 26.4 Å². The lowest BCUT2D eigenvalue weighted by Crippen LogP contribution is -1.98. The molecule has 0 saturated heterocycles. The molecule has 4 aromatic rings. The van der Waals surface area contributed by atoms with Gasteiger partial charge < -0.3 is 0 Å². The summed E-state index contributed by atoms with van der Waals surface area (Å²) in [5.74, 6) is 0.604. The SMILES string of the molecule is Cc1cc(-c2nn3c(-c4c(Cl)cnn4C)nnc3s2)sc1C. The van der Waals surface area contributed by atoms with Crippen molar-refractivity contribution in [2.24, 2.45) is 7.05 Å². The first kappa shape index (κ1) is 13.9. The third-order valence-corrected chi connectivity index (χ3v) is 5.97. The number of thiophene rings is 1. The molecule has 0 aliphatic heterocycles. The van der Waals surface area contributed by atoms with Crippen LogP contribution in [0.2, 0.25) is 5.02 Å². The normalized spacial score (nSPS) is 11.6. The molecule has 0 spiro atoms. The molecule has 0 amide bonds. The smallest absolute Gasteiger partial charge is 0.235 e. The van der Waals surface area contributed by atoms with Crippen LogP contribution >= 0.6 is 34.3 Å². The molecule has 6 nitrogen and oxygen atoms in total. The van der Waals surface area contributed by atoms with Gasteiger partial charge in [-0.3, -0.25) is 4.68 Å². The van der Waals surface area contributed by atoms with Crippen LogP contribution in [0.5, 0.6) is 0 Å². The van der Waals surface area contributed by atoms with Gasteiger partial charge in [-0.2, -0.15) is 14.7 Å². The molecule has 112 valence electrons. The molecule has 0 aliphatic rings. The summed E-state index contributed by atoms with van der Waals surface area (Å²) in [4.78, 5) is 3.19. The highest BCUT2D eigenvalue weighted by Gasteiger charge is 2.20. The van der Waals surface area contributed by atoms with E-state index in [0.29, 0.717) is 16.5 Å². The minimum atomic E-state index is 0.536. The maximum atomic E-state index is 6.20. The van der Waals surface area contributed by atoms with Gasteiger partial charge in [-0.15, -0.1) is 21.5 Å². The summed E-state index contributed by atoms with van der Waals surface area (Å²) in [6, 6.07) is 2.16. The van der Waals surface area contributed by atoms with Gasteiger partial charge in [0.1, 0.15) is 5.69 Å². The maximum absolute atomic E-state index is 6.20. The van der Waals surface area contributed by atoms with Crippen LogP contribution in [0, 0.1) is 13.8 Å². The van der Waals surface area contributed by atoms with Gasteiger partial charge in [0.25, 0.3) is 0 Å². The molecule has 22 heavy (non-hydrogen) atoms. The first-order valence-electron chi connectivity index (χ1n) is 6.52. The highest BCUT2D eigenvalue weighted by atomic mass is 35.5. The van der Waals surface area contributed by atoms with Crippen molar-refractivity contribution in [2.75, 3.05) is 0 Å². The monoisotopic (exact) mass is 350 g/mol. The number of hydrogen-bond acceptors (Lipinski definition) is 6. The first-order chi connectivity index (χ1) is 10.5. The van der Waals surface area contributed by atoms with Crippen molar-refractivity contribution in [3.63, 3.8) is 0 Å². The van der Waals surface area contributed by atoms with E-state index in [0.717, 1.165) is 14.8 Å². The van der Waals surface area contributed by atoms with Crippen molar-refractivity contribution in [1.29, 1.82) is 0 Å². The average molecular weight is 351 g/mol. The Balaban J connectivity index is 1.90. The predicted octanol–water partition coefficient (Wildman–Crippen LogP) is 3.59. The topological polar surface area (TPSA) is 60.9 Å². The summed E-state index contributed by atoms with van der Waals surface area (Å²) in [5, 5.41) is 18.7. The van der Waals surface area contributed by atoms with Gasteiger partial charge in [-0.1, -0.05) is 22.9 Å². The van der Waals surface area contributed by atoms with Crippen LogP contribution in [0.3, 0.4) is 0 Å². The third-order valence-electron chi connectivity index (χ3n) is 3.47. The van der Waals surface area contributed by atoms with Crippen molar-refractivity contribution < 1.29 is 0 Å². The van der Waals surface area contributed by atoms with Crippen LogP contribution in [-0.4, -0.2) is 29.6 Å². The summed E-state index contributed by atoms with van der Waals surface area (Å²) >= 11 is 9.45. The second-order valence-electron chi connectivity index (χ2n) is 4.94. The molecule has 9 heteroatoms. The van der Waals surface area contributed by atoms with Crippen molar-refractivity contribution >= 4 is 39.2 Å². The number of halogens is 1. The van der Waals surface area contributed by atoms with Crippen LogP contribution in [0.1, 0.15) is 10.4 Å². The van der Waals surface area contributed by atoms with Gasteiger partial charge in [0.15, 0.2) is 5.01 Å². The number of nitrogens with zero attached hydrogens (tertiary/aromatic N) is 6. The Morgan fingerprint density at radius 3 is 2.64 bits per heavy atom. The zero-order chi connectivity index (χ0) is 15.4. The van der Waals surface area contributed by atoms with Gasteiger partial charge in [-0.05, 0) is 25.5 Å². The van der Waals surface area contributed by atoms with Gasteiger partial charge in [-0.25, -0.2) is 0 Å². The van der Waals surface area contributed by atoms with Crippen molar-refractivity contribution in [1.82, 2.24) is 29.6 Å². The van der Waals surface area contributed by atoms with Gasteiger partial charge >= 0.3 is 0 Å². The van der Waals surface area contributed by atoms with E-state index in [4.69, 9.17) is 11.6 Å². The van der Waals surface area contributed by atoms with Gasteiger partial charge in [0.2, 0.25) is 10.8 Å². The Bertz CT molecular complexity index is 953. The second-order valence-corrected chi connectivity index (χ2v) is 7.56. The Morgan fingerprint density at radius 1 is 1.18 bits per heavy atom. The van der Waals surface area contributed by atoms with E-state index in [2.05, 4.69) is 40.3 Å². The quantitative estimate of drug-likeness (QED) is 0.554. The molecular weight excluding hydrogens is 340 g/mol. The van der Waals surface area contributed by atoms with Crippen molar-refractivity contribution in [3.05, 3.63) is 27.7 Å². The molecule has 0 fully saturated rings. The molecule has 4 aromatic heterocycles. The van der Waals surface area contributed by atoms with E-state index in [-0.39, 0.29) is 0 Å². The number of aryl methyl sites for hydroxylation is 3. The standard InChI is InChI=1S/C13H11ClN6S2/c1-6-4-9(21-7(6)2)12-18-20-11(16-17-13(20)22-12)10-8(14)5-15-19(10)3/h4-5H,1-3H3. The summed E-state index contributed by atoms with van der Waals surface area (Å²) in [7, 11) is 1.82. The van der Waals surface area contributed by atoms with E-state index in [1.54, 1.807) is 26.7 Å². The molecule has 0 N–H and O–H groups in total. The second kappa shape index (κ2) is 4.87. The largest absolute Gasteiger partial charge is 0.263 e. The van der Waals surface area contributed by atoms with E-state index in [9.17, 15) is 0 Å². The minimum Gasteiger partial charge on any atom is -0.263 e. The predicted molar refractivity (Wildman–Crippen MR) is 88.7 cm³/mol. The number of fused-ring (bicyclic) bond motifs is 1. The molecule has 0 unspecified atom stereocenters. The Kier molecular flexibility index (Phi) is 3.07. The lowest BCUT2D eigenvalue weighted by atomic mass is 10.3. The number of aromatic nitrogens is 6. The summed E-state index contributed by atoms with van der Waals surface area (Å²) in [6.45, 7) is 4.22. The van der Waals surface area contributed by atoms with Crippen LogP contribution in [-0.2, 0) is 7.05 Å². The Labute approximate surface area is 139 Å². The Morgan fingerprint density at radius 2 is 2.00 bits per heavy atom. The van der Waals surface area contributed by atoms with Crippen LogP contribution < -0.4 is 0 Å². The van der Waals surface area contributed by atoms with E-state index < -0.39 is 0 Å². The Hall–Kier alpha value is -1.77. The molecule has 0 bridgehead atoms. The maximum Gasteiger partial charge on any atom is 0.235 e. The fourth-order valence-electron chi connectivity index (χ4n) is 2.21. The zero-order valence-electron chi connectivity index (χ0n) is 12.0. The van der Waals surface area contributed by atoms with E-state index in [1.807, 2.05) is 7.05 Å². The lowest BCUT2D eigenvalue weighted by molar-refractivity contribution is 0.764. The number of rotatable bonds is 2. The number of hydrogen-bond donors (Lipinski definition) is 0. The lowest BCUT2D eigenvalue weighted by Gasteiger charge is -1.98. The molecule has 0 radical (unpaired) electrons. The molecule has 0 aliphatic carbocycles. The summed E-state index contributed by atoms with van der Waals surface area (Å²) < 4.78 is 3.41. The summed E-state index contributed by atoms with van der Waals surface area (Å²) in [6.07, 6.45) is 1.59. The molecular formula is C13H11ClN6S2. The highest BCUT2D eigenvalue weighted by Crippen LogP contribution is 2.35. The first-order valence-corrected chi connectivity index (χ1v) is 8.53. The molecule has 4 heterocycles. The fourth-order valence-corrected chi connectivity index (χ4v) is 4.37. The van der Waals surface area contributed by atoms with Crippen LogP contribution in [0.15, 0.2) is 12.3 Å². The van der Waals surface area contributed by atoms with E-state index in [1.165, 1.54) is 21.8 Å². The molecule has 0 aromatic carbocycles. The minimum absolute atomic E-state index is 0.536. The van der Waals surface area contributed by atoms with E-state index >= 15 is 0 Å². The summed E-state index contributed by atoms with van der Waals surface area (Å²) in [5.41, 5.74) is 1.99. The van der Waals surface area contributed by atoms with Crippen LogP contribution in [0.4, 0.5) is 0 Å². The van der Waals surface area contributed by atoms with Gasteiger partial charge in [0, 0.05) is 11.9 Å². The molecule has 0 atom stereocenters. The molecule has 4 rings (SSSR count). The average Bonchev–Trinajstić information content (AvgIpc) is 3.18.